The van der Waals surface area contributed by atoms with Gasteiger partial charge in [-0.1, -0.05) is 20.3 Å². The van der Waals surface area contributed by atoms with Crippen molar-refractivity contribution < 1.29 is 14.6 Å². The molecule has 1 atom stereocenters. The van der Waals surface area contributed by atoms with Gasteiger partial charge in [0.1, 0.15) is 12.1 Å². The highest BCUT2D eigenvalue weighted by molar-refractivity contribution is 5.70. The van der Waals surface area contributed by atoms with E-state index in [4.69, 9.17) is 9.84 Å². The van der Waals surface area contributed by atoms with Crippen molar-refractivity contribution in [2.75, 3.05) is 18.5 Å². The van der Waals surface area contributed by atoms with Gasteiger partial charge >= 0.3 is 5.97 Å². The first-order valence-electron chi connectivity index (χ1n) is 6.58. The number of nitrogens with zero attached hydrogens (tertiary/aromatic N) is 2. The van der Waals surface area contributed by atoms with Gasteiger partial charge in [-0.05, 0) is 12.8 Å². The first-order chi connectivity index (χ1) is 9.17. The molecule has 0 aliphatic heterocycles. The Balaban J connectivity index is 2.53. The molecule has 6 nitrogen and oxygen atoms in total. The molecule has 0 aliphatic rings. The SMILES string of the molecule is CCCOc1cc(NCC(CCC)C(=O)O)ncn1. The van der Waals surface area contributed by atoms with E-state index in [0.717, 1.165) is 12.8 Å². The lowest BCUT2D eigenvalue weighted by atomic mass is 10.0. The molecular formula is C13H21N3O3. The summed E-state index contributed by atoms with van der Waals surface area (Å²) in [7, 11) is 0. The molecule has 1 aromatic rings. The van der Waals surface area contributed by atoms with Crippen molar-refractivity contribution in [3.8, 4) is 5.88 Å². The second kappa shape index (κ2) is 8.29. The fraction of sp³-hybridized carbons (Fsp3) is 0.615. The second-order valence-electron chi connectivity index (χ2n) is 4.29. The summed E-state index contributed by atoms with van der Waals surface area (Å²) in [6.45, 7) is 4.94. The fourth-order valence-corrected chi connectivity index (χ4v) is 1.61. The average Bonchev–Trinajstić information content (AvgIpc) is 2.41. The highest BCUT2D eigenvalue weighted by atomic mass is 16.5. The zero-order valence-corrected chi connectivity index (χ0v) is 11.4. The van der Waals surface area contributed by atoms with Crippen LogP contribution in [-0.4, -0.2) is 34.2 Å². The number of carboxylic acid groups (broad SMARTS) is 1. The Morgan fingerprint density at radius 2 is 2.21 bits per heavy atom. The lowest BCUT2D eigenvalue weighted by Crippen LogP contribution is -2.23. The molecule has 2 N–H and O–H groups in total. The lowest BCUT2D eigenvalue weighted by Gasteiger charge is -2.13. The minimum atomic E-state index is -0.786. The number of aromatic nitrogens is 2. The van der Waals surface area contributed by atoms with Gasteiger partial charge in [0.2, 0.25) is 5.88 Å². The van der Waals surface area contributed by atoms with Gasteiger partial charge in [0.05, 0.1) is 12.5 Å². The maximum atomic E-state index is 11.0. The van der Waals surface area contributed by atoms with Gasteiger partial charge in [-0.2, -0.15) is 0 Å². The van der Waals surface area contributed by atoms with Gasteiger partial charge in [-0.3, -0.25) is 4.79 Å². The minimum absolute atomic E-state index is 0.355. The summed E-state index contributed by atoms with van der Waals surface area (Å²) >= 11 is 0. The normalized spacial score (nSPS) is 11.9. The molecule has 6 heteroatoms. The van der Waals surface area contributed by atoms with E-state index in [2.05, 4.69) is 15.3 Å². The monoisotopic (exact) mass is 267 g/mol. The highest BCUT2D eigenvalue weighted by Crippen LogP contribution is 2.13. The highest BCUT2D eigenvalue weighted by Gasteiger charge is 2.16. The first kappa shape index (κ1) is 15.2. The molecular weight excluding hydrogens is 246 g/mol. The smallest absolute Gasteiger partial charge is 0.308 e. The number of aliphatic carboxylic acids is 1. The number of hydrogen-bond donors (Lipinski definition) is 2. The van der Waals surface area contributed by atoms with Crippen LogP contribution in [0.15, 0.2) is 12.4 Å². The molecule has 0 amide bonds. The number of anilines is 1. The predicted molar refractivity (Wildman–Crippen MR) is 72.3 cm³/mol. The molecule has 0 aliphatic carbocycles. The number of carbonyl (C=O) groups is 1. The Kier molecular flexibility index (Phi) is 6.63. The first-order valence-corrected chi connectivity index (χ1v) is 6.58. The average molecular weight is 267 g/mol. The van der Waals surface area contributed by atoms with Crippen LogP contribution in [-0.2, 0) is 4.79 Å². The van der Waals surface area contributed by atoms with Crippen LogP contribution < -0.4 is 10.1 Å². The van der Waals surface area contributed by atoms with Crippen molar-refractivity contribution >= 4 is 11.8 Å². The summed E-state index contributed by atoms with van der Waals surface area (Å²) in [5.41, 5.74) is 0. The molecule has 0 radical (unpaired) electrons. The number of hydrogen-bond acceptors (Lipinski definition) is 5. The minimum Gasteiger partial charge on any atom is -0.481 e. The Morgan fingerprint density at radius 3 is 2.84 bits per heavy atom. The maximum absolute atomic E-state index is 11.0. The van der Waals surface area contributed by atoms with Crippen molar-refractivity contribution in [2.24, 2.45) is 5.92 Å². The molecule has 1 unspecified atom stereocenters. The Morgan fingerprint density at radius 1 is 1.42 bits per heavy atom. The summed E-state index contributed by atoms with van der Waals surface area (Å²) in [4.78, 5) is 19.1. The summed E-state index contributed by atoms with van der Waals surface area (Å²) in [5.74, 6) is -0.101. The van der Waals surface area contributed by atoms with E-state index in [-0.39, 0.29) is 0 Å². The van der Waals surface area contributed by atoms with E-state index in [1.54, 1.807) is 6.07 Å². The van der Waals surface area contributed by atoms with Gasteiger partial charge in [-0.25, -0.2) is 9.97 Å². The van der Waals surface area contributed by atoms with Crippen LogP contribution in [0.3, 0.4) is 0 Å². The number of carboxylic acids is 1. The third kappa shape index (κ3) is 5.54. The van der Waals surface area contributed by atoms with Crippen LogP contribution in [0, 0.1) is 5.92 Å². The standard InChI is InChI=1S/C13H21N3O3/c1-3-5-10(13(17)18)8-14-11-7-12(16-9-15-11)19-6-4-2/h7,9-10H,3-6,8H2,1-2H3,(H,17,18)(H,14,15,16). The third-order valence-electron chi connectivity index (χ3n) is 2.61. The van der Waals surface area contributed by atoms with Crippen molar-refractivity contribution in [1.82, 2.24) is 9.97 Å². The number of nitrogens with one attached hydrogen (secondary N) is 1. The Labute approximate surface area is 113 Å². The maximum Gasteiger partial charge on any atom is 0.308 e. The number of rotatable bonds is 9. The molecule has 0 spiro atoms. The van der Waals surface area contributed by atoms with Gasteiger partial charge in [0.25, 0.3) is 0 Å². The van der Waals surface area contributed by atoms with Crippen molar-refractivity contribution in [2.45, 2.75) is 33.1 Å². The molecule has 0 saturated carbocycles. The largest absolute Gasteiger partial charge is 0.481 e. The van der Waals surface area contributed by atoms with Gasteiger partial charge in [0, 0.05) is 12.6 Å². The Hall–Kier alpha value is -1.85. The van der Waals surface area contributed by atoms with E-state index < -0.39 is 11.9 Å². The van der Waals surface area contributed by atoms with Crippen LogP contribution in [0.4, 0.5) is 5.82 Å². The van der Waals surface area contributed by atoms with E-state index in [0.29, 0.717) is 31.3 Å². The molecule has 0 bridgehead atoms. The van der Waals surface area contributed by atoms with Gasteiger partial charge in [-0.15, -0.1) is 0 Å². The van der Waals surface area contributed by atoms with Crippen molar-refractivity contribution in [3.63, 3.8) is 0 Å². The second-order valence-corrected chi connectivity index (χ2v) is 4.29. The number of ether oxygens (including phenoxy) is 1. The molecule has 0 fully saturated rings. The van der Waals surface area contributed by atoms with E-state index in [1.165, 1.54) is 6.33 Å². The summed E-state index contributed by atoms with van der Waals surface area (Å²) < 4.78 is 5.39. The van der Waals surface area contributed by atoms with Gasteiger partial charge in [0.15, 0.2) is 0 Å². The van der Waals surface area contributed by atoms with E-state index in [9.17, 15) is 4.79 Å². The molecule has 1 aromatic heterocycles. The molecule has 0 saturated heterocycles. The van der Waals surface area contributed by atoms with Crippen molar-refractivity contribution in [3.05, 3.63) is 12.4 Å². The van der Waals surface area contributed by atoms with Crippen LogP contribution in [0.25, 0.3) is 0 Å². The molecule has 19 heavy (non-hydrogen) atoms. The van der Waals surface area contributed by atoms with E-state index in [1.807, 2.05) is 13.8 Å². The van der Waals surface area contributed by atoms with E-state index >= 15 is 0 Å². The Bertz CT molecular complexity index is 398. The predicted octanol–water partition coefficient (Wildman–Crippen LogP) is 2.18. The molecule has 1 rings (SSSR count). The quantitative estimate of drug-likeness (QED) is 0.713. The van der Waals surface area contributed by atoms with Crippen LogP contribution in [0.2, 0.25) is 0 Å². The molecule has 1 heterocycles. The summed E-state index contributed by atoms with van der Waals surface area (Å²) in [5, 5.41) is 12.1. The van der Waals surface area contributed by atoms with Gasteiger partial charge < -0.3 is 15.2 Å². The lowest BCUT2D eigenvalue weighted by molar-refractivity contribution is -0.141. The third-order valence-corrected chi connectivity index (χ3v) is 2.61. The van der Waals surface area contributed by atoms with Crippen LogP contribution in [0.1, 0.15) is 33.1 Å². The molecule has 0 aromatic carbocycles. The zero-order chi connectivity index (χ0) is 14.1. The topological polar surface area (TPSA) is 84.3 Å². The fourth-order valence-electron chi connectivity index (χ4n) is 1.61. The summed E-state index contributed by atoms with van der Waals surface area (Å²) in [6, 6.07) is 1.68. The van der Waals surface area contributed by atoms with Crippen LogP contribution in [0.5, 0.6) is 5.88 Å². The zero-order valence-electron chi connectivity index (χ0n) is 11.4. The summed E-state index contributed by atoms with van der Waals surface area (Å²) in [6.07, 6.45) is 3.80. The van der Waals surface area contributed by atoms with Crippen molar-refractivity contribution in [1.29, 1.82) is 0 Å². The molecule has 106 valence electrons. The van der Waals surface area contributed by atoms with Crippen LogP contribution >= 0.6 is 0 Å².